The fraction of sp³-hybridized carbons (Fsp3) is 0.143. The van der Waals surface area contributed by atoms with Crippen LogP contribution >= 0.6 is 12.4 Å². The molecule has 0 spiro atoms. The monoisotopic (exact) mass is 210 g/mol. The van der Waals surface area contributed by atoms with Crippen LogP contribution in [0.4, 0.5) is 0 Å². The fourth-order valence-corrected chi connectivity index (χ4v) is 0.650. The van der Waals surface area contributed by atoms with Crippen molar-refractivity contribution in [1.29, 1.82) is 0 Å². The standard InChI is InChI=1S/C7H10O3S.ClH/c1-3-4-5-6-7(2)11(8,9)10;/h3,5-6H,1-2,4H2,(H,8,9,10);1H. The van der Waals surface area contributed by atoms with Gasteiger partial charge in [0.2, 0.25) is 0 Å². The molecule has 12 heavy (non-hydrogen) atoms. The molecule has 70 valence electrons. The van der Waals surface area contributed by atoms with Crippen molar-refractivity contribution in [3.05, 3.63) is 36.3 Å². The Morgan fingerprint density at radius 1 is 1.50 bits per heavy atom. The summed E-state index contributed by atoms with van der Waals surface area (Å²) >= 11 is 0. The lowest BCUT2D eigenvalue weighted by Gasteiger charge is -1.91. The van der Waals surface area contributed by atoms with Crippen LogP contribution in [0.5, 0.6) is 0 Å². The summed E-state index contributed by atoms with van der Waals surface area (Å²) in [5.74, 6) is 0. The first kappa shape index (κ1) is 14.0. The second-order valence-corrected chi connectivity index (χ2v) is 3.34. The van der Waals surface area contributed by atoms with Crippen LogP contribution in [0.15, 0.2) is 36.3 Å². The Bertz CT molecular complexity index is 277. The van der Waals surface area contributed by atoms with Crippen molar-refractivity contribution in [2.45, 2.75) is 6.42 Å². The Morgan fingerprint density at radius 2 is 2.00 bits per heavy atom. The quantitative estimate of drug-likeness (QED) is 0.438. The highest BCUT2D eigenvalue weighted by Gasteiger charge is 2.05. The molecule has 3 nitrogen and oxygen atoms in total. The second kappa shape index (κ2) is 5.99. The van der Waals surface area contributed by atoms with Gasteiger partial charge in [-0.2, -0.15) is 8.42 Å². The van der Waals surface area contributed by atoms with Crippen molar-refractivity contribution in [3.8, 4) is 0 Å². The van der Waals surface area contributed by atoms with E-state index in [4.69, 9.17) is 4.55 Å². The molecule has 0 bridgehead atoms. The zero-order valence-corrected chi connectivity index (χ0v) is 8.07. The van der Waals surface area contributed by atoms with Gasteiger partial charge in [-0.05, 0) is 12.5 Å². The molecule has 0 aliphatic heterocycles. The normalized spacial score (nSPS) is 10.8. The molecule has 0 aliphatic rings. The molecule has 0 saturated carbocycles. The van der Waals surface area contributed by atoms with E-state index >= 15 is 0 Å². The highest BCUT2D eigenvalue weighted by Crippen LogP contribution is 2.02. The highest BCUT2D eigenvalue weighted by atomic mass is 35.5. The molecule has 5 heteroatoms. The molecule has 0 rings (SSSR count). The molecule has 1 N–H and O–H groups in total. The van der Waals surface area contributed by atoms with Gasteiger partial charge >= 0.3 is 0 Å². The molecule has 0 aliphatic carbocycles. The molecular weight excluding hydrogens is 200 g/mol. The Labute approximate surface area is 78.6 Å². The highest BCUT2D eigenvalue weighted by molar-refractivity contribution is 7.90. The molecule has 0 saturated heterocycles. The predicted octanol–water partition coefficient (Wildman–Crippen LogP) is 1.94. The summed E-state index contributed by atoms with van der Waals surface area (Å²) in [5, 5.41) is 0. The van der Waals surface area contributed by atoms with Crippen molar-refractivity contribution >= 4 is 22.5 Å². The smallest absolute Gasteiger partial charge is 0.282 e. The van der Waals surface area contributed by atoms with E-state index in [1.54, 1.807) is 12.2 Å². The molecule has 0 aromatic heterocycles. The minimum atomic E-state index is -4.10. The largest absolute Gasteiger partial charge is 0.293 e. The van der Waals surface area contributed by atoms with Crippen LogP contribution < -0.4 is 0 Å². The number of rotatable bonds is 4. The lowest BCUT2D eigenvalue weighted by atomic mass is 10.4. The number of allylic oxidation sites excluding steroid dienone is 3. The van der Waals surface area contributed by atoms with E-state index in [0.29, 0.717) is 6.42 Å². The third-order valence-corrected chi connectivity index (χ3v) is 1.74. The van der Waals surface area contributed by atoms with Crippen molar-refractivity contribution in [1.82, 2.24) is 0 Å². The third kappa shape index (κ3) is 6.15. The lowest BCUT2D eigenvalue weighted by molar-refractivity contribution is 0.492. The van der Waals surface area contributed by atoms with Crippen molar-refractivity contribution in [2.24, 2.45) is 0 Å². The van der Waals surface area contributed by atoms with Crippen LogP contribution in [0.25, 0.3) is 0 Å². The molecule has 0 atom stereocenters. The van der Waals surface area contributed by atoms with E-state index in [9.17, 15) is 8.42 Å². The first-order chi connectivity index (χ1) is 4.98. The Morgan fingerprint density at radius 3 is 2.33 bits per heavy atom. The van der Waals surface area contributed by atoms with Gasteiger partial charge < -0.3 is 0 Å². The summed E-state index contributed by atoms with van der Waals surface area (Å²) in [7, 11) is -4.10. The number of hydrogen-bond acceptors (Lipinski definition) is 2. The number of hydrogen-bond donors (Lipinski definition) is 1. The van der Waals surface area contributed by atoms with Gasteiger partial charge in [0.15, 0.2) is 0 Å². The molecule has 0 aromatic rings. The summed E-state index contributed by atoms with van der Waals surface area (Å²) < 4.78 is 29.0. The maximum Gasteiger partial charge on any atom is 0.293 e. The summed E-state index contributed by atoms with van der Waals surface area (Å²) in [4.78, 5) is -0.306. The van der Waals surface area contributed by atoms with Gasteiger partial charge in [-0.25, -0.2) is 0 Å². The lowest BCUT2D eigenvalue weighted by Crippen LogP contribution is -1.96. The fourth-order valence-electron chi connectivity index (χ4n) is 0.382. The Hall–Kier alpha value is -0.580. The topological polar surface area (TPSA) is 54.4 Å². The first-order valence-electron chi connectivity index (χ1n) is 2.92. The van der Waals surface area contributed by atoms with Crippen LogP contribution in [-0.4, -0.2) is 13.0 Å². The van der Waals surface area contributed by atoms with Crippen LogP contribution in [0.3, 0.4) is 0 Å². The van der Waals surface area contributed by atoms with Crippen LogP contribution in [0.2, 0.25) is 0 Å². The molecule has 0 unspecified atom stereocenters. The molecule has 0 heterocycles. The van der Waals surface area contributed by atoms with Crippen LogP contribution in [0.1, 0.15) is 6.42 Å². The predicted molar refractivity (Wildman–Crippen MR) is 51.9 cm³/mol. The van der Waals surface area contributed by atoms with Gasteiger partial charge in [-0.15, -0.1) is 19.0 Å². The van der Waals surface area contributed by atoms with Crippen LogP contribution in [0, 0.1) is 0 Å². The maximum atomic E-state index is 10.3. The zero-order valence-electron chi connectivity index (χ0n) is 6.43. The second-order valence-electron chi connectivity index (χ2n) is 1.87. The Balaban J connectivity index is 0. The zero-order chi connectivity index (χ0) is 8.91. The summed E-state index contributed by atoms with van der Waals surface area (Å²) in [6.07, 6.45) is 4.93. The van der Waals surface area contributed by atoms with Gasteiger partial charge in [0.05, 0.1) is 4.91 Å². The van der Waals surface area contributed by atoms with Crippen molar-refractivity contribution < 1.29 is 13.0 Å². The van der Waals surface area contributed by atoms with Crippen molar-refractivity contribution in [2.75, 3.05) is 0 Å². The summed E-state index contributed by atoms with van der Waals surface area (Å²) in [5.41, 5.74) is 0. The van der Waals surface area contributed by atoms with Gasteiger partial charge in [0.1, 0.15) is 0 Å². The SMILES string of the molecule is C=CCC=CC(=C)S(=O)(=O)O.Cl. The minimum Gasteiger partial charge on any atom is -0.282 e. The molecule has 0 radical (unpaired) electrons. The van der Waals surface area contributed by atoms with Crippen molar-refractivity contribution in [3.63, 3.8) is 0 Å². The third-order valence-electron chi connectivity index (χ3n) is 0.938. The molecular formula is C7H11ClO3S. The van der Waals surface area contributed by atoms with E-state index in [1.807, 2.05) is 0 Å². The van der Waals surface area contributed by atoms with E-state index < -0.39 is 10.1 Å². The Kier molecular flexibility index (Phi) is 6.98. The van der Waals surface area contributed by atoms with Gasteiger partial charge in [0.25, 0.3) is 10.1 Å². The van der Waals surface area contributed by atoms with E-state index in [2.05, 4.69) is 13.2 Å². The van der Waals surface area contributed by atoms with Crippen LogP contribution in [-0.2, 0) is 10.1 Å². The first-order valence-corrected chi connectivity index (χ1v) is 4.36. The minimum absolute atomic E-state index is 0. The number of halogens is 1. The summed E-state index contributed by atoms with van der Waals surface area (Å²) in [6, 6.07) is 0. The average molecular weight is 211 g/mol. The van der Waals surface area contributed by atoms with Gasteiger partial charge in [-0.1, -0.05) is 18.7 Å². The molecule has 0 fully saturated rings. The summed E-state index contributed by atoms with van der Waals surface area (Å²) in [6.45, 7) is 6.57. The average Bonchev–Trinajstić information content (AvgIpc) is 1.86. The van der Waals surface area contributed by atoms with E-state index in [0.717, 1.165) is 0 Å². The van der Waals surface area contributed by atoms with E-state index in [1.165, 1.54) is 6.08 Å². The maximum absolute atomic E-state index is 10.3. The van der Waals surface area contributed by atoms with E-state index in [-0.39, 0.29) is 17.3 Å². The van der Waals surface area contributed by atoms with Gasteiger partial charge in [-0.3, -0.25) is 4.55 Å². The molecule has 0 aromatic carbocycles. The molecule has 0 amide bonds. The van der Waals surface area contributed by atoms with Gasteiger partial charge in [0, 0.05) is 0 Å².